The maximum Gasteiger partial charge on any atom is 0.272 e. The van der Waals surface area contributed by atoms with E-state index in [1.165, 1.54) is 6.07 Å². The van der Waals surface area contributed by atoms with E-state index >= 15 is 0 Å². The van der Waals surface area contributed by atoms with Crippen molar-refractivity contribution in [1.82, 2.24) is 0 Å². The zero-order valence-corrected chi connectivity index (χ0v) is 10.7. The van der Waals surface area contributed by atoms with E-state index in [0.717, 1.165) is 6.29 Å². The summed E-state index contributed by atoms with van der Waals surface area (Å²) in [6.07, 6.45) is 1.18. The fourth-order valence-electron chi connectivity index (χ4n) is 1.86. The Morgan fingerprint density at radius 2 is 1.95 bits per heavy atom. The molecular weight excluding hydrogens is 258 g/mol. The first-order valence-corrected chi connectivity index (χ1v) is 6.11. The molecule has 20 heavy (non-hydrogen) atoms. The number of rotatable bonds is 6. The number of nitro groups is 1. The lowest BCUT2D eigenvalue weighted by Gasteiger charge is -2.07. The van der Waals surface area contributed by atoms with Gasteiger partial charge in [-0.1, -0.05) is 30.3 Å². The number of ether oxygens (including phenoxy) is 1. The Balaban J connectivity index is 1.99. The largest absolute Gasteiger partial charge is 0.493 e. The molecule has 0 spiro atoms. The first-order chi connectivity index (χ1) is 9.70. The van der Waals surface area contributed by atoms with E-state index in [2.05, 4.69) is 0 Å². The summed E-state index contributed by atoms with van der Waals surface area (Å²) in [6, 6.07) is 13.4. The van der Waals surface area contributed by atoms with E-state index in [9.17, 15) is 14.9 Å². The minimum absolute atomic E-state index is 0.0951. The van der Waals surface area contributed by atoms with E-state index in [4.69, 9.17) is 4.74 Å². The maximum absolute atomic E-state index is 10.9. The molecule has 0 aliphatic rings. The van der Waals surface area contributed by atoms with Crippen LogP contribution in [0.1, 0.15) is 15.9 Å². The Morgan fingerprint density at radius 1 is 1.15 bits per heavy atom. The normalized spacial score (nSPS) is 10.0. The Hall–Kier alpha value is -2.69. The maximum atomic E-state index is 10.9. The van der Waals surface area contributed by atoms with E-state index in [1.54, 1.807) is 42.5 Å². The van der Waals surface area contributed by atoms with Crippen LogP contribution in [0.5, 0.6) is 5.75 Å². The van der Waals surface area contributed by atoms with Gasteiger partial charge in [0.1, 0.15) is 12.0 Å². The molecule has 0 atom stereocenters. The third kappa shape index (κ3) is 3.41. The van der Waals surface area contributed by atoms with Gasteiger partial charge in [0.05, 0.1) is 11.5 Å². The van der Waals surface area contributed by atoms with Crippen LogP contribution in [0.25, 0.3) is 0 Å². The number of nitrogens with zero attached hydrogens (tertiary/aromatic N) is 1. The summed E-state index contributed by atoms with van der Waals surface area (Å²) in [5.74, 6) is 0.577. The number of hydrogen-bond acceptors (Lipinski definition) is 4. The van der Waals surface area contributed by atoms with Gasteiger partial charge in [-0.25, -0.2) is 0 Å². The molecule has 5 heteroatoms. The molecule has 0 N–H and O–H groups in total. The molecule has 0 aliphatic carbocycles. The monoisotopic (exact) mass is 271 g/mol. The van der Waals surface area contributed by atoms with Crippen LogP contribution in [-0.2, 0) is 6.42 Å². The number of hydrogen-bond donors (Lipinski definition) is 0. The van der Waals surface area contributed by atoms with Gasteiger partial charge in [-0.3, -0.25) is 14.9 Å². The van der Waals surface area contributed by atoms with Crippen molar-refractivity contribution in [2.24, 2.45) is 0 Å². The number of aldehydes is 1. The molecule has 0 saturated carbocycles. The summed E-state index contributed by atoms with van der Waals surface area (Å²) in [6.45, 7) is 0.313. The third-order valence-electron chi connectivity index (χ3n) is 2.82. The van der Waals surface area contributed by atoms with Gasteiger partial charge in [-0.2, -0.15) is 0 Å². The zero-order chi connectivity index (χ0) is 14.4. The van der Waals surface area contributed by atoms with Crippen molar-refractivity contribution < 1.29 is 14.5 Å². The molecule has 5 nitrogen and oxygen atoms in total. The van der Waals surface area contributed by atoms with Crippen LogP contribution in [0.4, 0.5) is 5.69 Å². The number of para-hydroxylation sites is 1. The number of carbonyl (C=O) groups is 1. The first kappa shape index (κ1) is 13.7. The highest BCUT2D eigenvalue weighted by Crippen LogP contribution is 2.19. The smallest absolute Gasteiger partial charge is 0.272 e. The quantitative estimate of drug-likeness (QED) is 0.460. The van der Waals surface area contributed by atoms with Gasteiger partial charge in [-0.15, -0.1) is 0 Å². The number of nitro benzene ring substituents is 1. The van der Waals surface area contributed by atoms with Gasteiger partial charge in [0.2, 0.25) is 0 Å². The van der Waals surface area contributed by atoms with Gasteiger partial charge in [0, 0.05) is 23.6 Å². The predicted octanol–water partition coefficient (Wildman–Crippen LogP) is 3.03. The van der Waals surface area contributed by atoms with Crippen molar-refractivity contribution in [3.05, 3.63) is 69.8 Å². The lowest BCUT2D eigenvalue weighted by atomic mass is 10.1. The molecule has 0 radical (unpaired) electrons. The molecule has 0 unspecified atom stereocenters. The summed E-state index contributed by atoms with van der Waals surface area (Å²) in [4.78, 5) is 21.1. The fourth-order valence-corrected chi connectivity index (χ4v) is 1.86. The minimum atomic E-state index is -0.400. The lowest BCUT2D eigenvalue weighted by molar-refractivity contribution is -0.385. The molecule has 2 aromatic carbocycles. The van der Waals surface area contributed by atoms with Crippen LogP contribution in [0, 0.1) is 10.1 Å². The molecule has 102 valence electrons. The average Bonchev–Trinajstić information content (AvgIpc) is 2.48. The average molecular weight is 271 g/mol. The first-order valence-electron chi connectivity index (χ1n) is 6.11. The van der Waals surface area contributed by atoms with Crippen molar-refractivity contribution in [3.63, 3.8) is 0 Å². The molecule has 0 fully saturated rings. The molecule has 0 saturated heterocycles. The Labute approximate surface area is 116 Å². The van der Waals surface area contributed by atoms with Crippen molar-refractivity contribution in [3.8, 4) is 5.75 Å². The summed E-state index contributed by atoms with van der Waals surface area (Å²) in [5, 5.41) is 10.9. The molecule has 0 heterocycles. The van der Waals surface area contributed by atoms with Crippen molar-refractivity contribution >= 4 is 12.0 Å². The van der Waals surface area contributed by atoms with Crippen molar-refractivity contribution in [2.75, 3.05) is 6.61 Å². The van der Waals surface area contributed by atoms with Crippen LogP contribution in [0.2, 0.25) is 0 Å². The highest BCUT2D eigenvalue weighted by atomic mass is 16.6. The second kappa shape index (κ2) is 6.47. The molecule has 0 aromatic heterocycles. The standard InChI is InChI=1S/C15H13NO4/c17-11-12-4-3-6-14(10-12)20-9-8-13-5-1-2-7-15(13)16(18)19/h1-7,10-11H,8-9H2. The number of carbonyl (C=O) groups excluding carboxylic acids is 1. The highest BCUT2D eigenvalue weighted by Gasteiger charge is 2.11. The molecule has 0 bridgehead atoms. The molecule has 2 aromatic rings. The second-order valence-electron chi connectivity index (χ2n) is 4.17. The minimum Gasteiger partial charge on any atom is -0.493 e. The van der Waals surface area contributed by atoms with Crippen LogP contribution in [0.15, 0.2) is 48.5 Å². The van der Waals surface area contributed by atoms with Gasteiger partial charge >= 0.3 is 0 Å². The molecular formula is C15H13NO4. The van der Waals surface area contributed by atoms with Crippen molar-refractivity contribution in [1.29, 1.82) is 0 Å². The lowest BCUT2D eigenvalue weighted by Crippen LogP contribution is -2.04. The Bertz CT molecular complexity index is 625. The van der Waals surface area contributed by atoms with E-state index < -0.39 is 4.92 Å². The van der Waals surface area contributed by atoms with E-state index in [-0.39, 0.29) is 5.69 Å². The summed E-state index contributed by atoms with van der Waals surface area (Å²) in [5.41, 5.74) is 1.26. The Kier molecular flexibility index (Phi) is 4.44. The highest BCUT2D eigenvalue weighted by molar-refractivity contribution is 5.75. The Morgan fingerprint density at radius 3 is 2.70 bits per heavy atom. The summed E-state index contributed by atoms with van der Waals surface area (Å²) >= 11 is 0. The van der Waals surface area contributed by atoms with Crippen molar-refractivity contribution in [2.45, 2.75) is 6.42 Å². The van der Waals surface area contributed by atoms with Gasteiger partial charge in [-0.05, 0) is 12.1 Å². The van der Waals surface area contributed by atoms with Crippen LogP contribution < -0.4 is 4.74 Å². The molecule has 0 amide bonds. The molecule has 2 rings (SSSR count). The van der Waals surface area contributed by atoms with Gasteiger partial charge in [0.25, 0.3) is 5.69 Å². The SMILES string of the molecule is O=Cc1cccc(OCCc2ccccc2[N+](=O)[O-])c1. The topological polar surface area (TPSA) is 69.4 Å². The van der Waals surface area contributed by atoms with E-state index in [0.29, 0.717) is 29.9 Å². The fraction of sp³-hybridized carbons (Fsp3) is 0.133. The van der Waals surface area contributed by atoms with E-state index in [1.807, 2.05) is 0 Å². The van der Waals surface area contributed by atoms with Gasteiger partial charge < -0.3 is 4.74 Å². The zero-order valence-electron chi connectivity index (χ0n) is 10.7. The van der Waals surface area contributed by atoms with Crippen LogP contribution in [-0.4, -0.2) is 17.8 Å². The summed E-state index contributed by atoms with van der Waals surface area (Å²) in [7, 11) is 0. The predicted molar refractivity (Wildman–Crippen MR) is 74.1 cm³/mol. The third-order valence-corrected chi connectivity index (χ3v) is 2.82. The van der Waals surface area contributed by atoms with Crippen LogP contribution in [0.3, 0.4) is 0 Å². The van der Waals surface area contributed by atoms with Crippen LogP contribution >= 0.6 is 0 Å². The summed E-state index contributed by atoms with van der Waals surface area (Å²) < 4.78 is 5.51. The van der Waals surface area contributed by atoms with Gasteiger partial charge in [0.15, 0.2) is 0 Å². The molecule has 0 aliphatic heterocycles. The number of benzene rings is 2. The second-order valence-corrected chi connectivity index (χ2v) is 4.17.